The summed E-state index contributed by atoms with van der Waals surface area (Å²) < 4.78 is 5.00. The van der Waals surface area contributed by atoms with E-state index in [1.807, 2.05) is 6.92 Å². The number of hydrogen-bond donors (Lipinski definition) is 2. The van der Waals surface area contributed by atoms with Crippen molar-refractivity contribution in [2.75, 3.05) is 0 Å². The Kier molecular flexibility index (Phi) is 5.54. The molecule has 0 radical (unpaired) electrons. The summed E-state index contributed by atoms with van der Waals surface area (Å²) in [6.07, 6.45) is 1.58. The van der Waals surface area contributed by atoms with Crippen LogP contribution in [0.1, 0.15) is 43.2 Å². The molecule has 0 aliphatic rings. The van der Waals surface area contributed by atoms with Gasteiger partial charge in [0.1, 0.15) is 5.76 Å². The molecule has 1 aromatic heterocycles. The van der Waals surface area contributed by atoms with Gasteiger partial charge < -0.3 is 14.9 Å². The van der Waals surface area contributed by atoms with Crippen molar-refractivity contribution in [2.24, 2.45) is 0 Å². The molecule has 1 amide bonds. The number of carboxylic acids is 1. The average molecular weight is 268 g/mol. The van der Waals surface area contributed by atoms with E-state index in [4.69, 9.17) is 9.63 Å². The summed E-state index contributed by atoms with van der Waals surface area (Å²) >= 11 is 0. The lowest BCUT2D eigenvalue weighted by Crippen LogP contribution is -2.33. The third-order valence-corrected chi connectivity index (χ3v) is 2.95. The van der Waals surface area contributed by atoms with E-state index in [0.29, 0.717) is 18.6 Å². The van der Waals surface area contributed by atoms with Crippen LogP contribution in [0.5, 0.6) is 0 Å². The molecule has 106 valence electrons. The van der Waals surface area contributed by atoms with E-state index in [2.05, 4.69) is 10.5 Å². The van der Waals surface area contributed by atoms with Crippen LogP contribution in [-0.4, -0.2) is 28.2 Å². The van der Waals surface area contributed by atoms with Crippen molar-refractivity contribution in [1.82, 2.24) is 10.5 Å². The number of nitrogens with one attached hydrogen (secondary N) is 1. The predicted octanol–water partition coefficient (Wildman–Crippen LogP) is 1.59. The lowest BCUT2D eigenvalue weighted by atomic mass is 10.1. The molecule has 1 heterocycles. The summed E-state index contributed by atoms with van der Waals surface area (Å²) in [4.78, 5) is 22.2. The number of rotatable bonds is 7. The third-order valence-electron chi connectivity index (χ3n) is 2.95. The number of aliphatic carboxylic acids is 1. The quantitative estimate of drug-likeness (QED) is 0.783. The molecule has 2 N–H and O–H groups in total. The molecule has 0 saturated carbocycles. The third kappa shape index (κ3) is 5.11. The van der Waals surface area contributed by atoms with Crippen LogP contribution in [0.15, 0.2) is 4.52 Å². The van der Waals surface area contributed by atoms with E-state index < -0.39 is 5.97 Å². The van der Waals surface area contributed by atoms with Crippen molar-refractivity contribution >= 4 is 11.9 Å². The first-order chi connectivity index (χ1) is 8.90. The maximum absolute atomic E-state index is 11.8. The minimum Gasteiger partial charge on any atom is -0.481 e. The number of aromatic nitrogens is 1. The number of aryl methyl sites for hydroxylation is 2. The van der Waals surface area contributed by atoms with E-state index in [0.717, 1.165) is 11.3 Å². The maximum atomic E-state index is 11.8. The minimum atomic E-state index is -0.811. The Morgan fingerprint density at radius 1 is 1.42 bits per heavy atom. The van der Waals surface area contributed by atoms with Gasteiger partial charge in [0.05, 0.1) is 12.1 Å². The second kappa shape index (κ2) is 6.92. The van der Waals surface area contributed by atoms with Gasteiger partial charge in [-0.15, -0.1) is 0 Å². The van der Waals surface area contributed by atoms with E-state index in [-0.39, 0.29) is 24.8 Å². The fourth-order valence-corrected chi connectivity index (χ4v) is 1.87. The molecule has 0 aliphatic heterocycles. The first-order valence-corrected chi connectivity index (χ1v) is 6.33. The Morgan fingerprint density at radius 2 is 2.11 bits per heavy atom. The highest BCUT2D eigenvalue weighted by Crippen LogP contribution is 2.13. The van der Waals surface area contributed by atoms with Gasteiger partial charge in [-0.05, 0) is 33.6 Å². The Labute approximate surface area is 112 Å². The van der Waals surface area contributed by atoms with E-state index in [9.17, 15) is 9.59 Å². The Bertz CT molecular complexity index is 434. The van der Waals surface area contributed by atoms with E-state index >= 15 is 0 Å². The highest BCUT2D eigenvalue weighted by Gasteiger charge is 2.15. The van der Waals surface area contributed by atoms with Crippen LogP contribution in [0.4, 0.5) is 0 Å². The molecule has 0 fully saturated rings. The van der Waals surface area contributed by atoms with Gasteiger partial charge in [-0.2, -0.15) is 0 Å². The lowest BCUT2D eigenvalue weighted by molar-refractivity contribution is -0.137. The summed E-state index contributed by atoms with van der Waals surface area (Å²) in [5.74, 6) is -0.252. The summed E-state index contributed by atoms with van der Waals surface area (Å²) in [6, 6.07) is -0.0349. The zero-order chi connectivity index (χ0) is 14.4. The zero-order valence-electron chi connectivity index (χ0n) is 11.5. The van der Waals surface area contributed by atoms with Crippen molar-refractivity contribution in [3.05, 3.63) is 17.0 Å². The summed E-state index contributed by atoms with van der Waals surface area (Å²) in [5, 5.41) is 15.2. The second-order valence-corrected chi connectivity index (χ2v) is 4.73. The molecule has 0 saturated heterocycles. The van der Waals surface area contributed by atoms with Crippen molar-refractivity contribution in [2.45, 2.75) is 52.5 Å². The van der Waals surface area contributed by atoms with Gasteiger partial charge in [0.25, 0.3) is 0 Å². The number of hydrogen-bond acceptors (Lipinski definition) is 4. The van der Waals surface area contributed by atoms with Crippen LogP contribution < -0.4 is 5.32 Å². The maximum Gasteiger partial charge on any atom is 0.303 e. The first kappa shape index (κ1) is 15.2. The van der Waals surface area contributed by atoms with Crippen LogP contribution in [0.2, 0.25) is 0 Å². The number of carboxylic acid groups (broad SMARTS) is 1. The highest BCUT2D eigenvalue weighted by molar-refractivity contribution is 5.79. The fraction of sp³-hybridized carbons (Fsp3) is 0.615. The fourth-order valence-electron chi connectivity index (χ4n) is 1.87. The summed E-state index contributed by atoms with van der Waals surface area (Å²) in [6.45, 7) is 5.45. The smallest absolute Gasteiger partial charge is 0.303 e. The predicted molar refractivity (Wildman–Crippen MR) is 68.8 cm³/mol. The molecule has 0 aliphatic carbocycles. The van der Waals surface area contributed by atoms with Crippen molar-refractivity contribution < 1.29 is 19.2 Å². The van der Waals surface area contributed by atoms with Crippen LogP contribution in [0, 0.1) is 13.8 Å². The van der Waals surface area contributed by atoms with Gasteiger partial charge in [-0.1, -0.05) is 5.16 Å². The van der Waals surface area contributed by atoms with Gasteiger partial charge >= 0.3 is 5.97 Å². The molecule has 1 atom stereocenters. The molecule has 6 heteroatoms. The lowest BCUT2D eigenvalue weighted by Gasteiger charge is -2.13. The van der Waals surface area contributed by atoms with Crippen LogP contribution in [-0.2, 0) is 16.0 Å². The molecule has 6 nitrogen and oxygen atoms in total. The van der Waals surface area contributed by atoms with Gasteiger partial charge in [0.15, 0.2) is 0 Å². The Hall–Kier alpha value is -1.85. The molecular formula is C13H20N2O4. The summed E-state index contributed by atoms with van der Waals surface area (Å²) in [5.41, 5.74) is 1.54. The number of carbonyl (C=O) groups excluding carboxylic acids is 1. The normalized spacial score (nSPS) is 12.2. The van der Waals surface area contributed by atoms with Crippen molar-refractivity contribution in [3.63, 3.8) is 0 Å². The first-order valence-electron chi connectivity index (χ1n) is 6.33. The monoisotopic (exact) mass is 268 g/mol. The molecule has 0 bridgehead atoms. The van der Waals surface area contributed by atoms with E-state index in [1.54, 1.807) is 13.8 Å². The van der Waals surface area contributed by atoms with E-state index in [1.165, 1.54) is 0 Å². The zero-order valence-corrected chi connectivity index (χ0v) is 11.5. The second-order valence-electron chi connectivity index (χ2n) is 4.73. The van der Waals surface area contributed by atoms with Gasteiger partial charge in [0.2, 0.25) is 5.91 Å². The average Bonchev–Trinajstić information content (AvgIpc) is 2.60. The minimum absolute atomic E-state index is 0.0349. The van der Waals surface area contributed by atoms with Crippen LogP contribution in [0.25, 0.3) is 0 Å². The van der Waals surface area contributed by atoms with Crippen LogP contribution in [0.3, 0.4) is 0 Å². The van der Waals surface area contributed by atoms with Crippen molar-refractivity contribution in [1.29, 1.82) is 0 Å². The molecule has 19 heavy (non-hydrogen) atoms. The number of nitrogens with zero attached hydrogens (tertiary/aromatic N) is 1. The van der Waals surface area contributed by atoms with Crippen molar-refractivity contribution in [3.8, 4) is 0 Å². The summed E-state index contributed by atoms with van der Waals surface area (Å²) in [7, 11) is 0. The molecular weight excluding hydrogens is 248 g/mol. The standard InChI is InChI=1S/C13H20N2O4/c1-8(5-4-6-13(17)18)14-12(16)7-11-9(2)15-19-10(11)3/h8H,4-7H2,1-3H3,(H,14,16)(H,17,18). The number of amides is 1. The highest BCUT2D eigenvalue weighted by atomic mass is 16.5. The topological polar surface area (TPSA) is 92.4 Å². The Balaban J connectivity index is 2.37. The largest absolute Gasteiger partial charge is 0.481 e. The Morgan fingerprint density at radius 3 is 2.63 bits per heavy atom. The SMILES string of the molecule is Cc1noc(C)c1CC(=O)NC(C)CCCC(=O)O. The van der Waals surface area contributed by atoms with Crippen LogP contribution >= 0.6 is 0 Å². The molecule has 0 aromatic carbocycles. The molecule has 1 rings (SSSR count). The molecule has 1 unspecified atom stereocenters. The van der Waals surface area contributed by atoms with Gasteiger partial charge in [-0.25, -0.2) is 0 Å². The van der Waals surface area contributed by atoms with Gasteiger partial charge in [-0.3, -0.25) is 9.59 Å². The molecule has 0 spiro atoms. The molecule has 1 aromatic rings. The van der Waals surface area contributed by atoms with Gasteiger partial charge in [0, 0.05) is 18.0 Å². The number of carbonyl (C=O) groups is 2.